The average Bonchev–Trinajstić information content (AvgIpc) is 2.13. The summed E-state index contributed by atoms with van der Waals surface area (Å²) in [7, 11) is 0. The summed E-state index contributed by atoms with van der Waals surface area (Å²) in [6, 6.07) is -1.05. The highest BCUT2D eigenvalue weighted by atomic mass is 16.5. The van der Waals surface area contributed by atoms with Gasteiger partial charge in [-0.15, -0.1) is 0 Å². The molecule has 0 radical (unpaired) electrons. The summed E-state index contributed by atoms with van der Waals surface area (Å²) in [5.41, 5.74) is 0.268. The molecule has 2 atom stereocenters. The molecule has 0 rings (SSSR count). The smallest absolute Gasteiger partial charge is 0.331 e. The number of hydrogen-bond acceptors (Lipinski definition) is 4. The Balaban J connectivity index is 4.47. The van der Waals surface area contributed by atoms with E-state index in [4.69, 9.17) is 4.74 Å². The first-order valence-electron chi connectivity index (χ1n) is 4.71. The molecule has 86 valence electrons. The number of aliphatic hydroxyl groups is 1. The van der Waals surface area contributed by atoms with Gasteiger partial charge in [0.1, 0.15) is 0 Å². The third kappa shape index (κ3) is 4.60. The molecule has 5 nitrogen and oxygen atoms in total. The molecular weight excluding hydrogens is 198 g/mol. The van der Waals surface area contributed by atoms with E-state index in [1.807, 2.05) is 0 Å². The molecule has 0 fully saturated rings. The van der Waals surface area contributed by atoms with Crippen LogP contribution >= 0.6 is 0 Å². The molecule has 0 aromatic rings. The summed E-state index contributed by atoms with van der Waals surface area (Å²) < 4.78 is 4.70. The SMILES string of the molecule is C=C(C)C(=O)N[C@H](C(=O)OCC)[C@@H](C)O. The molecule has 0 saturated heterocycles. The van der Waals surface area contributed by atoms with Crippen LogP contribution in [0.4, 0.5) is 0 Å². The van der Waals surface area contributed by atoms with Gasteiger partial charge in [-0.2, -0.15) is 0 Å². The minimum absolute atomic E-state index is 0.199. The van der Waals surface area contributed by atoms with E-state index in [9.17, 15) is 14.7 Å². The number of nitrogens with one attached hydrogen (secondary N) is 1. The Morgan fingerprint density at radius 1 is 1.53 bits per heavy atom. The molecule has 0 aliphatic heterocycles. The number of hydrogen-bond donors (Lipinski definition) is 2. The van der Waals surface area contributed by atoms with Crippen LogP contribution in [-0.2, 0) is 14.3 Å². The maximum atomic E-state index is 11.3. The van der Waals surface area contributed by atoms with Gasteiger partial charge in [0.15, 0.2) is 6.04 Å². The maximum absolute atomic E-state index is 11.3. The Morgan fingerprint density at radius 3 is 2.40 bits per heavy atom. The first-order valence-corrected chi connectivity index (χ1v) is 4.71. The molecule has 0 heterocycles. The van der Waals surface area contributed by atoms with E-state index in [0.717, 1.165) is 0 Å². The predicted octanol–water partition coefficient (Wildman–Crippen LogP) is -0.00880. The van der Waals surface area contributed by atoms with Gasteiger partial charge in [0.05, 0.1) is 12.7 Å². The molecule has 0 spiro atoms. The maximum Gasteiger partial charge on any atom is 0.331 e. The van der Waals surface area contributed by atoms with Gasteiger partial charge in [0.25, 0.3) is 0 Å². The fraction of sp³-hybridized carbons (Fsp3) is 0.600. The van der Waals surface area contributed by atoms with Crippen LogP contribution in [0.5, 0.6) is 0 Å². The van der Waals surface area contributed by atoms with Crippen molar-refractivity contribution in [1.82, 2.24) is 5.32 Å². The lowest BCUT2D eigenvalue weighted by Crippen LogP contribution is -2.48. The molecule has 0 saturated carbocycles. The monoisotopic (exact) mass is 215 g/mol. The van der Waals surface area contributed by atoms with Crippen molar-refractivity contribution < 1.29 is 19.4 Å². The van der Waals surface area contributed by atoms with Crippen molar-refractivity contribution in [3.63, 3.8) is 0 Å². The summed E-state index contributed by atoms with van der Waals surface area (Å²) in [4.78, 5) is 22.6. The highest BCUT2D eigenvalue weighted by molar-refractivity contribution is 5.95. The number of carbonyl (C=O) groups excluding carboxylic acids is 2. The van der Waals surface area contributed by atoms with E-state index in [1.165, 1.54) is 13.8 Å². The van der Waals surface area contributed by atoms with E-state index in [2.05, 4.69) is 11.9 Å². The van der Waals surface area contributed by atoms with Gasteiger partial charge in [-0.05, 0) is 20.8 Å². The van der Waals surface area contributed by atoms with Crippen molar-refractivity contribution >= 4 is 11.9 Å². The first-order chi connectivity index (χ1) is 6.90. The van der Waals surface area contributed by atoms with Crippen LogP contribution in [0.25, 0.3) is 0 Å². The Hall–Kier alpha value is -1.36. The van der Waals surface area contributed by atoms with Gasteiger partial charge in [0.2, 0.25) is 5.91 Å². The lowest BCUT2D eigenvalue weighted by Gasteiger charge is -2.19. The van der Waals surface area contributed by atoms with Gasteiger partial charge in [-0.3, -0.25) is 4.79 Å². The molecule has 0 aliphatic rings. The number of ether oxygens (including phenoxy) is 1. The summed E-state index contributed by atoms with van der Waals surface area (Å²) in [5.74, 6) is -1.13. The van der Waals surface area contributed by atoms with Crippen molar-refractivity contribution in [2.24, 2.45) is 0 Å². The third-order valence-corrected chi connectivity index (χ3v) is 1.70. The summed E-state index contributed by atoms with van der Waals surface area (Å²) in [6.45, 7) is 8.19. The molecule has 0 aromatic heterocycles. The standard InChI is InChI=1S/C10H17NO4/c1-5-15-10(14)8(7(4)12)11-9(13)6(2)3/h7-8,12H,2,5H2,1,3-4H3,(H,11,13)/t7-,8+/m1/s1. The zero-order valence-corrected chi connectivity index (χ0v) is 9.24. The Labute approximate surface area is 89.1 Å². The van der Waals surface area contributed by atoms with Crippen LogP contribution in [0, 0.1) is 0 Å². The fourth-order valence-corrected chi connectivity index (χ4v) is 0.873. The van der Waals surface area contributed by atoms with Crippen LogP contribution in [-0.4, -0.2) is 35.7 Å². The second-order valence-corrected chi connectivity index (χ2v) is 3.22. The Morgan fingerprint density at radius 2 is 2.07 bits per heavy atom. The van der Waals surface area contributed by atoms with Crippen LogP contribution in [0.2, 0.25) is 0 Å². The number of esters is 1. The van der Waals surface area contributed by atoms with Crippen LogP contribution in [0.15, 0.2) is 12.2 Å². The zero-order chi connectivity index (χ0) is 12.0. The fourth-order valence-electron chi connectivity index (χ4n) is 0.873. The third-order valence-electron chi connectivity index (χ3n) is 1.70. The zero-order valence-electron chi connectivity index (χ0n) is 9.24. The lowest BCUT2D eigenvalue weighted by molar-refractivity contribution is -0.150. The van der Waals surface area contributed by atoms with Gasteiger partial charge in [-0.25, -0.2) is 4.79 Å². The van der Waals surface area contributed by atoms with Crippen molar-refractivity contribution in [3.05, 3.63) is 12.2 Å². The summed E-state index contributed by atoms with van der Waals surface area (Å²) in [6.07, 6.45) is -1.01. The van der Waals surface area contributed by atoms with E-state index in [0.29, 0.717) is 0 Å². The van der Waals surface area contributed by atoms with Gasteiger partial charge >= 0.3 is 5.97 Å². The van der Waals surface area contributed by atoms with Crippen molar-refractivity contribution in [2.75, 3.05) is 6.61 Å². The van der Waals surface area contributed by atoms with Crippen LogP contribution in [0.1, 0.15) is 20.8 Å². The Bertz CT molecular complexity index is 260. The topological polar surface area (TPSA) is 75.6 Å². The molecule has 2 N–H and O–H groups in total. The molecule has 0 aromatic carbocycles. The van der Waals surface area contributed by atoms with E-state index in [-0.39, 0.29) is 12.2 Å². The van der Waals surface area contributed by atoms with Crippen LogP contribution in [0.3, 0.4) is 0 Å². The number of rotatable bonds is 5. The van der Waals surface area contributed by atoms with Gasteiger partial charge < -0.3 is 15.2 Å². The number of amides is 1. The minimum Gasteiger partial charge on any atom is -0.464 e. The molecule has 15 heavy (non-hydrogen) atoms. The predicted molar refractivity (Wildman–Crippen MR) is 55.1 cm³/mol. The van der Waals surface area contributed by atoms with Crippen LogP contribution < -0.4 is 5.32 Å². The number of carbonyl (C=O) groups is 2. The average molecular weight is 215 g/mol. The van der Waals surface area contributed by atoms with Crippen molar-refractivity contribution in [2.45, 2.75) is 32.9 Å². The van der Waals surface area contributed by atoms with E-state index < -0.39 is 24.0 Å². The van der Waals surface area contributed by atoms with E-state index >= 15 is 0 Å². The number of aliphatic hydroxyl groups excluding tert-OH is 1. The molecule has 5 heteroatoms. The van der Waals surface area contributed by atoms with Gasteiger partial charge in [0, 0.05) is 5.57 Å². The molecule has 0 bridgehead atoms. The van der Waals surface area contributed by atoms with Gasteiger partial charge in [-0.1, -0.05) is 6.58 Å². The lowest BCUT2D eigenvalue weighted by atomic mass is 10.1. The quantitative estimate of drug-likeness (QED) is 0.499. The summed E-state index contributed by atoms with van der Waals surface area (Å²) in [5, 5.41) is 11.6. The molecular formula is C10H17NO4. The minimum atomic E-state index is -1.05. The molecule has 0 unspecified atom stereocenters. The van der Waals surface area contributed by atoms with Crippen molar-refractivity contribution in [3.8, 4) is 0 Å². The highest BCUT2D eigenvalue weighted by Crippen LogP contribution is 1.98. The molecule has 0 aliphatic carbocycles. The summed E-state index contributed by atoms with van der Waals surface area (Å²) >= 11 is 0. The largest absolute Gasteiger partial charge is 0.464 e. The second kappa shape index (κ2) is 6.19. The normalized spacial score (nSPS) is 13.9. The Kier molecular flexibility index (Phi) is 5.62. The van der Waals surface area contributed by atoms with Crippen molar-refractivity contribution in [1.29, 1.82) is 0 Å². The first kappa shape index (κ1) is 13.6. The highest BCUT2D eigenvalue weighted by Gasteiger charge is 2.26. The molecule has 1 amide bonds. The van der Waals surface area contributed by atoms with E-state index in [1.54, 1.807) is 6.92 Å². The second-order valence-electron chi connectivity index (χ2n) is 3.22.